The summed E-state index contributed by atoms with van der Waals surface area (Å²) in [6, 6.07) is 14.6. The van der Waals surface area contributed by atoms with Crippen molar-refractivity contribution in [1.82, 2.24) is 5.32 Å². The van der Waals surface area contributed by atoms with Crippen molar-refractivity contribution in [2.24, 2.45) is 0 Å². The minimum atomic E-state index is 0.277. The quantitative estimate of drug-likeness (QED) is 0.830. The van der Waals surface area contributed by atoms with E-state index >= 15 is 0 Å². The van der Waals surface area contributed by atoms with E-state index in [1.807, 2.05) is 12.1 Å². The Morgan fingerprint density at radius 3 is 2.45 bits per heavy atom. The first-order valence-electron chi connectivity index (χ1n) is 6.87. The van der Waals surface area contributed by atoms with Crippen LogP contribution < -0.4 is 5.32 Å². The van der Waals surface area contributed by atoms with E-state index < -0.39 is 0 Å². The molecule has 2 N–H and O–H groups in total. The molecule has 0 saturated heterocycles. The maximum absolute atomic E-state index is 9.50. The second kappa shape index (κ2) is 6.91. The summed E-state index contributed by atoms with van der Waals surface area (Å²) < 4.78 is 0.736. The van der Waals surface area contributed by atoms with Gasteiger partial charge in [0.2, 0.25) is 0 Å². The van der Waals surface area contributed by atoms with Crippen LogP contribution >= 0.6 is 15.9 Å². The third-order valence-corrected chi connectivity index (χ3v) is 4.09. The highest BCUT2D eigenvalue weighted by Crippen LogP contribution is 2.25. The first-order chi connectivity index (χ1) is 9.60. The van der Waals surface area contributed by atoms with E-state index in [0.717, 1.165) is 23.0 Å². The number of hydrogen-bond acceptors (Lipinski definition) is 2. The van der Waals surface area contributed by atoms with E-state index in [4.69, 9.17) is 0 Å². The Bertz CT molecular complexity index is 566. The molecule has 1 atom stereocenters. The molecule has 20 heavy (non-hydrogen) atoms. The molecule has 0 bridgehead atoms. The fourth-order valence-electron chi connectivity index (χ4n) is 2.20. The first-order valence-corrected chi connectivity index (χ1v) is 7.66. The zero-order chi connectivity index (χ0) is 14.5. The summed E-state index contributed by atoms with van der Waals surface area (Å²) in [4.78, 5) is 0. The van der Waals surface area contributed by atoms with Crippen molar-refractivity contribution in [3.63, 3.8) is 0 Å². The maximum Gasteiger partial charge on any atom is 0.129 e. The lowest BCUT2D eigenvalue weighted by molar-refractivity contribution is 0.471. The first kappa shape index (κ1) is 15.1. The van der Waals surface area contributed by atoms with Crippen LogP contribution in [0.4, 0.5) is 0 Å². The van der Waals surface area contributed by atoms with Crippen LogP contribution in [0, 0.1) is 6.92 Å². The molecule has 0 fully saturated rings. The third-order valence-electron chi connectivity index (χ3n) is 3.45. The number of aryl methyl sites for hydroxylation is 1. The Labute approximate surface area is 129 Å². The van der Waals surface area contributed by atoms with Gasteiger partial charge < -0.3 is 10.4 Å². The van der Waals surface area contributed by atoms with Gasteiger partial charge in [0.1, 0.15) is 5.75 Å². The van der Waals surface area contributed by atoms with Crippen LogP contribution in [0.25, 0.3) is 0 Å². The average molecular weight is 334 g/mol. The molecule has 0 saturated carbocycles. The standard InChI is InChI=1S/C17H20BrNO/c1-3-16(14-7-4-12(2)5-8-14)19-11-13-6-9-17(20)15(18)10-13/h4-10,16,19-20H,3,11H2,1-2H3. The van der Waals surface area contributed by atoms with E-state index in [0.29, 0.717) is 6.04 Å². The van der Waals surface area contributed by atoms with Crippen LogP contribution in [0.15, 0.2) is 46.9 Å². The predicted molar refractivity (Wildman–Crippen MR) is 86.9 cm³/mol. The van der Waals surface area contributed by atoms with Gasteiger partial charge in [-0.25, -0.2) is 0 Å². The van der Waals surface area contributed by atoms with Crippen LogP contribution in [-0.4, -0.2) is 5.11 Å². The highest BCUT2D eigenvalue weighted by atomic mass is 79.9. The normalized spacial score (nSPS) is 12.3. The van der Waals surface area contributed by atoms with E-state index in [-0.39, 0.29) is 5.75 Å². The van der Waals surface area contributed by atoms with Gasteiger partial charge in [-0.3, -0.25) is 0 Å². The van der Waals surface area contributed by atoms with Crippen molar-refractivity contribution in [3.8, 4) is 5.75 Å². The maximum atomic E-state index is 9.50. The molecule has 0 amide bonds. The number of phenols is 1. The summed E-state index contributed by atoms with van der Waals surface area (Å²) >= 11 is 3.35. The fourth-order valence-corrected chi connectivity index (χ4v) is 2.62. The molecule has 2 rings (SSSR count). The summed E-state index contributed by atoms with van der Waals surface area (Å²) in [5, 5.41) is 13.1. The zero-order valence-electron chi connectivity index (χ0n) is 11.9. The van der Waals surface area contributed by atoms with Crippen LogP contribution in [0.5, 0.6) is 5.75 Å². The monoisotopic (exact) mass is 333 g/mol. The minimum Gasteiger partial charge on any atom is -0.507 e. The van der Waals surface area contributed by atoms with Crippen molar-refractivity contribution in [1.29, 1.82) is 0 Å². The van der Waals surface area contributed by atoms with Gasteiger partial charge in [0, 0.05) is 12.6 Å². The van der Waals surface area contributed by atoms with Crippen molar-refractivity contribution in [2.45, 2.75) is 32.9 Å². The molecule has 2 aromatic rings. The van der Waals surface area contributed by atoms with Gasteiger partial charge in [0.25, 0.3) is 0 Å². The van der Waals surface area contributed by atoms with Crippen molar-refractivity contribution in [2.75, 3.05) is 0 Å². The summed E-state index contributed by atoms with van der Waals surface area (Å²) in [7, 11) is 0. The van der Waals surface area contributed by atoms with E-state index in [1.54, 1.807) is 6.07 Å². The van der Waals surface area contributed by atoms with Crippen LogP contribution in [0.3, 0.4) is 0 Å². The largest absolute Gasteiger partial charge is 0.507 e. The molecule has 2 nitrogen and oxygen atoms in total. The van der Waals surface area contributed by atoms with Crippen molar-refractivity contribution >= 4 is 15.9 Å². The summed E-state index contributed by atoms with van der Waals surface area (Å²) in [6.07, 6.45) is 1.04. The third kappa shape index (κ3) is 3.84. The molecule has 0 aromatic heterocycles. The number of halogens is 1. The second-order valence-corrected chi connectivity index (χ2v) is 5.89. The lowest BCUT2D eigenvalue weighted by atomic mass is 10.0. The number of phenolic OH excluding ortho intramolecular Hbond substituents is 1. The fraction of sp³-hybridized carbons (Fsp3) is 0.294. The van der Waals surface area contributed by atoms with Crippen molar-refractivity contribution < 1.29 is 5.11 Å². The highest BCUT2D eigenvalue weighted by Gasteiger charge is 2.08. The highest BCUT2D eigenvalue weighted by molar-refractivity contribution is 9.10. The van der Waals surface area contributed by atoms with E-state index in [1.165, 1.54) is 11.1 Å². The Kier molecular flexibility index (Phi) is 5.21. The van der Waals surface area contributed by atoms with Crippen molar-refractivity contribution in [3.05, 3.63) is 63.6 Å². The summed E-state index contributed by atoms with van der Waals surface area (Å²) in [6.45, 7) is 5.07. The van der Waals surface area contributed by atoms with E-state index in [9.17, 15) is 5.11 Å². The van der Waals surface area contributed by atoms with E-state index in [2.05, 4.69) is 59.4 Å². The smallest absolute Gasteiger partial charge is 0.129 e. The molecule has 0 aliphatic rings. The number of benzene rings is 2. The SMILES string of the molecule is CCC(NCc1ccc(O)c(Br)c1)c1ccc(C)cc1. The molecule has 0 aliphatic carbocycles. The van der Waals surface area contributed by atoms with Crippen LogP contribution in [-0.2, 0) is 6.54 Å². The average Bonchev–Trinajstić information content (AvgIpc) is 2.45. The second-order valence-electron chi connectivity index (χ2n) is 5.04. The van der Waals surface area contributed by atoms with Gasteiger partial charge in [0.15, 0.2) is 0 Å². The number of aromatic hydroxyl groups is 1. The Balaban J connectivity index is 2.03. The topological polar surface area (TPSA) is 32.3 Å². The predicted octanol–water partition coefficient (Wildman–Crippen LogP) is 4.70. The number of hydrogen-bond donors (Lipinski definition) is 2. The number of rotatable bonds is 5. The molecule has 106 valence electrons. The molecule has 0 radical (unpaired) electrons. The van der Waals surface area contributed by atoms with Crippen LogP contribution in [0.2, 0.25) is 0 Å². The summed E-state index contributed by atoms with van der Waals surface area (Å²) in [5.74, 6) is 0.277. The van der Waals surface area contributed by atoms with Gasteiger partial charge >= 0.3 is 0 Å². The lowest BCUT2D eigenvalue weighted by Gasteiger charge is -2.18. The molecular formula is C17H20BrNO. The van der Waals surface area contributed by atoms with Gasteiger partial charge in [-0.15, -0.1) is 0 Å². The molecule has 0 spiro atoms. The number of nitrogens with one attached hydrogen (secondary N) is 1. The van der Waals surface area contributed by atoms with Crippen LogP contribution in [0.1, 0.15) is 36.1 Å². The van der Waals surface area contributed by atoms with Gasteiger partial charge in [-0.2, -0.15) is 0 Å². The lowest BCUT2D eigenvalue weighted by Crippen LogP contribution is -2.20. The van der Waals surface area contributed by atoms with Gasteiger partial charge in [-0.05, 0) is 52.5 Å². The molecule has 3 heteroatoms. The van der Waals surface area contributed by atoms with Gasteiger partial charge in [-0.1, -0.05) is 42.8 Å². The molecular weight excluding hydrogens is 314 g/mol. The minimum absolute atomic E-state index is 0.277. The Morgan fingerprint density at radius 2 is 1.85 bits per heavy atom. The zero-order valence-corrected chi connectivity index (χ0v) is 13.4. The van der Waals surface area contributed by atoms with Gasteiger partial charge in [0.05, 0.1) is 4.47 Å². The Morgan fingerprint density at radius 1 is 1.15 bits per heavy atom. The Hall–Kier alpha value is -1.32. The molecule has 0 aliphatic heterocycles. The molecule has 1 unspecified atom stereocenters. The molecule has 2 aromatic carbocycles. The summed E-state index contributed by atoms with van der Waals surface area (Å²) in [5.41, 5.74) is 3.75. The molecule has 0 heterocycles.